The van der Waals surface area contributed by atoms with Crippen molar-refractivity contribution in [3.8, 4) is 0 Å². The zero-order chi connectivity index (χ0) is 17.1. The molecule has 8 nitrogen and oxygen atoms in total. The average Bonchev–Trinajstić information content (AvgIpc) is 2.59. The van der Waals surface area contributed by atoms with E-state index in [0.717, 1.165) is 0 Å². The highest BCUT2D eigenvalue weighted by atomic mass is 16.6. The van der Waals surface area contributed by atoms with Crippen LogP contribution in [0.4, 0.5) is 11.4 Å². The third-order valence-corrected chi connectivity index (χ3v) is 3.30. The monoisotopic (exact) mass is 325 g/mol. The highest BCUT2D eigenvalue weighted by Crippen LogP contribution is 2.22. The number of rotatable bonds is 4. The van der Waals surface area contributed by atoms with E-state index >= 15 is 0 Å². The highest BCUT2D eigenvalue weighted by Gasteiger charge is 2.16. The number of hydrogen-bond acceptors (Lipinski definition) is 6. The van der Waals surface area contributed by atoms with E-state index in [1.807, 2.05) is 0 Å². The Morgan fingerprint density at radius 1 is 1.08 bits per heavy atom. The molecule has 0 bridgehead atoms. The number of nitrogens with zero attached hydrogens (tertiary/aromatic N) is 1. The lowest BCUT2D eigenvalue weighted by Gasteiger charge is -2.08. The molecule has 0 aliphatic carbocycles. The van der Waals surface area contributed by atoms with Crippen LogP contribution in [0, 0.1) is 10.1 Å². The van der Waals surface area contributed by atoms with Crippen LogP contribution >= 0.6 is 0 Å². The Morgan fingerprint density at radius 3 is 2.58 bits per heavy atom. The quantitative estimate of drug-likeness (QED) is 0.432. The largest absolute Gasteiger partial charge is 0.422 e. The molecule has 120 valence electrons. The van der Waals surface area contributed by atoms with Crippen molar-refractivity contribution < 1.29 is 14.1 Å². The van der Waals surface area contributed by atoms with E-state index in [4.69, 9.17) is 4.42 Å². The highest BCUT2D eigenvalue weighted by molar-refractivity contribution is 5.97. The van der Waals surface area contributed by atoms with Gasteiger partial charge in [-0.25, -0.2) is 4.79 Å². The Labute approximate surface area is 134 Å². The number of carbonyl (C=O) groups is 1. The van der Waals surface area contributed by atoms with Gasteiger partial charge in [-0.15, -0.1) is 0 Å². The number of nitro groups is 1. The predicted molar refractivity (Wildman–Crippen MR) is 86.7 cm³/mol. The van der Waals surface area contributed by atoms with Gasteiger partial charge in [-0.2, -0.15) is 0 Å². The van der Waals surface area contributed by atoms with E-state index < -0.39 is 16.5 Å². The SMILES string of the molecule is O=C(NNc1ccccc1[N+](=O)[O-])c1cc2ccccc2oc1=O. The van der Waals surface area contributed by atoms with Crippen LogP contribution in [-0.2, 0) is 0 Å². The van der Waals surface area contributed by atoms with Gasteiger partial charge in [-0.05, 0) is 18.2 Å². The van der Waals surface area contributed by atoms with Crippen molar-refractivity contribution in [2.24, 2.45) is 0 Å². The lowest BCUT2D eigenvalue weighted by atomic mass is 10.2. The molecule has 3 aromatic rings. The molecule has 0 fully saturated rings. The normalized spacial score (nSPS) is 10.3. The van der Waals surface area contributed by atoms with E-state index in [1.54, 1.807) is 30.3 Å². The molecule has 0 unspecified atom stereocenters. The van der Waals surface area contributed by atoms with Crippen LogP contribution in [0.2, 0.25) is 0 Å². The van der Waals surface area contributed by atoms with Crippen LogP contribution < -0.4 is 16.5 Å². The molecule has 0 saturated carbocycles. The number of nitro benzene ring substituents is 1. The Bertz CT molecular complexity index is 996. The minimum Gasteiger partial charge on any atom is -0.422 e. The summed E-state index contributed by atoms with van der Waals surface area (Å²) in [6.45, 7) is 0. The third-order valence-electron chi connectivity index (χ3n) is 3.30. The summed E-state index contributed by atoms with van der Waals surface area (Å²) in [6.07, 6.45) is 0. The van der Waals surface area contributed by atoms with Crippen molar-refractivity contribution in [3.63, 3.8) is 0 Å². The van der Waals surface area contributed by atoms with Crippen LogP contribution in [0.1, 0.15) is 10.4 Å². The molecule has 1 heterocycles. The second-order valence-electron chi connectivity index (χ2n) is 4.84. The first-order valence-corrected chi connectivity index (χ1v) is 6.89. The van der Waals surface area contributed by atoms with Gasteiger partial charge in [0.25, 0.3) is 11.6 Å². The summed E-state index contributed by atoms with van der Waals surface area (Å²) in [4.78, 5) is 34.4. The summed E-state index contributed by atoms with van der Waals surface area (Å²) in [5, 5.41) is 11.5. The van der Waals surface area contributed by atoms with Gasteiger partial charge in [0.15, 0.2) is 0 Å². The molecule has 0 aliphatic heterocycles. The molecule has 1 amide bonds. The average molecular weight is 325 g/mol. The van der Waals surface area contributed by atoms with Crippen molar-refractivity contribution in [2.45, 2.75) is 0 Å². The third kappa shape index (κ3) is 2.93. The van der Waals surface area contributed by atoms with Crippen LogP contribution in [0.5, 0.6) is 0 Å². The number of benzene rings is 2. The maximum atomic E-state index is 12.2. The maximum Gasteiger partial charge on any atom is 0.349 e. The molecule has 0 aliphatic rings. The lowest BCUT2D eigenvalue weighted by Crippen LogP contribution is -2.33. The fourth-order valence-electron chi connectivity index (χ4n) is 2.15. The van der Waals surface area contributed by atoms with Crippen LogP contribution in [0.15, 0.2) is 63.8 Å². The molecule has 24 heavy (non-hydrogen) atoms. The molecule has 8 heteroatoms. The number of nitrogens with one attached hydrogen (secondary N) is 2. The number of fused-ring (bicyclic) bond motifs is 1. The number of anilines is 1. The second kappa shape index (κ2) is 6.21. The Hall–Kier alpha value is -3.68. The van der Waals surface area contributed by atoms with Crippen molar-refractivity contribution in [3.05, 3.63) is 80.7 Å². The van der Waals surface area contributed by atoms with E-state index in [2.05, 4.69) is 10.9 Å². The predicted octanol–water partition coefficient (Wildman–Crippen LogP) is 2.46. The van der Waals surface area contributed by atoms with Gasteiger partial charge >= 0.3 is 5.63 Å². The lowest BCUT2D eigenvalue weighted by molar-refractivity contribution is -0.384. The molecule has 3 rings (SSSR count). The topological polar surface area (TPSA) is 114 Å². The fourth-order valence-corrected chi connectivity index (χ4v) is 2.15. The number of para-hydroxylation sites is 3. The van der Waals surface area contributed by atoms with E-state index in [-0.39, 0.29) is 16.9 Å². The van der Waals surface area contributed by atoms with E-state index in [0.29, 0.717) is 11.0 Å². The van der Waals surface area contributed by atoms with Gasteiger partial charge in [0.2, 0.25) is 0 Å². The summed E-state index contributed by atoms with van der Waals surface area (Å²) in [5.41, 5.74) is 3.96. The summed E-state index contributed by atoms with van der Waals surface area (Å²) in [7, 11) is 0. The number of hydrogen-bond donors (Lipinski definition) is 2. The van der Waals surface area contributed by atoms with Crippen molar-refractivity contribution in [1.82, 2.24) is 5.43 Å². The van der Waals surface area contributed by atoms with Gasteiger partial charge < -0.3 is 4.42 Å². The zero-order valence-corrected chi connectivity index (χ0v) is 12.2. The molecular weight excluding hydrogens is 314 g/mol. The van der Waals surface area contributed by atoms with Gasteiger partial charge in [-0.1, -0.05) is 30.3 Å². The zero-order valence-electron chi connectivity index (χ0n) is 12.2. The molecular formula is C16H11N3O5. The standard InChI is InChI=1S/C16H11N3O5/c20-15(18-17-12-6-2-3-7-13(12)19(22)23)11-9-10-5-1-4-8-14(10)24-16(11)21/h1-9,17H,(H,18,20). The Kier molecular flexibility index (Phi) is 3.94. The molecule has 0 saturated heterocycles. The smallest absolute Gasteiger partial charge is 0.349 e. The Morgan fingerprint density at radius 2 is 1.79 bits per heavy atom. The maximum absolute atomic E-state index is 12.2. The second-order valence-corrected chi connectivity index (χ2v) is 4.84. The summed E-state index contributed by atoms with van der Waals surface area (Å²) >= 11 is 0. The molecule has 1 aromatic heterocycles. The Balaban J connectivity index is 1.85. The fraction of sp³-hybridized carbons (Fsp3) is 0. The van der Waals surface area contributed by atoms with Gasteiger partial charge in [0, 0.05) is 11.5 Å². The molecule has 0 atom stereocenters. The van der Waals surface area contributed by atoms with Crippen LogP contribution in [0.3, 0.4) is 0 Å². The van der Waals surface area contributed by atoms with Gasteiger partial charge in [0.05, 0.1) is 4.92 Å². The van der Waals surface area contributed by atoms with Crippen molar-refractivity contribution in [1.29, 1.82) is 0 Å². The van der Waals surface area contributed by atoms with Crippen LogP contribution in [0.25, 0.3) is 11.0 Å². The van der Waals surface area contributed by atoms with Crippen LogP contribution in [-0.4, -0.2) is 10.8 Å². The summed E-state index contributed by atoms with van der Waals surface area (Å²) in [6, 6.07) is 14.0. The summed E-state index contributed by atoms with van der Waals surface area (Å²) in [5.74, 6) is -0.757. The van der Waals surface area contributed by atoms with Crippen molar-refractivity contribution in [2.75, 3.05) is 5.43 Å². The molecule has 0 spiro atoms. The first kappa shape index (κ1) is 15.2. The van der Waals surface area contributed by atoms with E-state index in [1.165, 1.54) is 24.3 Å². The van der Waals surface area contributed by atoms with E-state index in [9.17, 15) is 19.7 Å². The number of hydrazine groups is 1. The molecule has 2 N–H and O–H groups in total. The first-order chi connectivity index (χ1) is 11.6. The number of amides is 1. The van der Waals surface area contributed by atoms with Gasteiger partial charge in [-0.3, -0.25) is 25.8 Å². The minimum absolute atomic E-state index is 0.0982. The molecule has 2 aromatic carbocycles. The molecule has 0 radical (unpaired) electrons. The van der Waals surface area contributed by atoms with Crippen molar-refractivity contribution >= 4 is 28.3 Å². The van der Waals surface area contributed by atoms with Gasteiger partial charge in [0.1, 0.15) is 16.8 Å². The number of carbonyl (C=O) groups excluding carboxylic acids is 1. The summed E-state index contributed by atoms with van der Waals surface area (Å²) < 4.78 is 5.08. The minimum atomic E-state index is -0.796. The first-order valence-electron chi connectivity index (χ1n) is 6.89.